The van der Waals surface area contributed by atoms with E-state index in [0.29, 0.717) is 22.2 Å². The maximum atomic E-state index is 13.3. The SMILES string of the molecule is O=C(Nc1ccnc2ccc(F)cc12)c1ccc(F)cc1. The van der Waals surface area contributed by atoms with Crippen LogP contribution < -0.4 is 5.32 Å². The maximum absolute atomic E-state index is 13.3. The summed E-state index contributed by atoms with van der Waals surface area (Å²) in [7, 11) is 0. The number of rotatable bonds is 2. The number of nitrogens with zero attached hydrogens (tertiary/aromatic N) is 1. The van der Waals surface area contributed by atoms with Crippen molar-refractivity contribution in [1.82, 2.24) is 4.98 Å². The molecule has 0 atom stereocenters. The topological polar surface area (TPSA) is 42.0 Å². The number of pyridine rings is 1. The smallest absolute Gasteiger partial charge is 0.255 e. The van der Waals surface area contributed by atoms with Crippen molar-refractivity contribution in [1.29, 1.82) is 0 Å². The molecule has 3 rings (SSSR count). The Morgan fingerprint density at radius 2 is 1.67 bits per heavy atom. The summed E-state index contributed by atoms with van der Waals surface area (Å²) in [6.45, 7) is 0. The van der Waals surface area contributed by atoms with Crippen molar-refractivity contribution in [2.24, 2.45) is 0 Å². The normalized spacial score (nSPS) is 10.6. The van der Waals surface area contributed by atoms with E-state index in [1.807, 2.05) is 0 Å². The van der Waals surface area contributed by atoms with Crippen molar-refractivity contribution < 1.29 is 13.6 Å². The minimum atomic E-state index is -0.414. The van der Waals surface area contributed by atoms with Gasteiger partial charge < -0.3 is 5.32 Å². The number of hydrogen-bond donors (Lipinski definition) is 1. The van der Waals surface area contributed by atoms with Crippen LogP contribution in [0.3, 0.4) is 0 Å². The fraction of sp³-hybridized carbons (Fsp3) is 0. The summed E-state index contributed by atoms with van der Waals surface area (Å²) in [6, 6.07) is 10.9. The summed E-state index contributed by atoms with van der Waals surface area (Å²) < 4.78 is 26.2. The molecule has 0 saturated carbocycles. The zero-order chi connectivity index (χ0) is 14.8. The van der Waals surface area contributed by atoms with Gasteiger partial charge in [0.25, 0.3) is 5.91 Å². The Bertz CT molecular complexity index is 816. The molecule has 3 aromatic rings. The Hall–Kier alpha value is -2.82. The predicted octanol–water partition coefficient (Wildman–Crippen LogP) is 3.77. The number of hydrogen-bond acceptors (Lipinski definition) is 2. The molecule has 0 spiro atoms. The highest BCUT2D eigenvalue weighted by Gasteiger charge is 2.09. The van der Waals surface area contributed by atoms with E-state index in [4.69, 9.17) is 0 Å². The fourth-order valence-electron chi connectivity index (χ4n) is 2.02. The summed E-state index contributed by atoms with van der Waals surface area (Å²) in [4.78, 5) is 16.2. The molecule has 104 valence electrons. The van der Waals surface area contributed by atoms with Gasteiger partial charge in [0.05, 0.1) is 11.2 Å². The molecule has 0 saturated heterocycles. The van der Waals surface area contributed by atoms with Gasteiger partial charge in [-0.1, -0.05) is 0 Å². The quantitative estimate of drug-likeness (QED) is 0.778. The van der Waals surface area contributed by atoms with Crippen LogP contribution in [-0.2, 0) is 0 Å². The van der Waals surface area contributed by atoms with Gasteiger partial charge in [0, 0.05) is 17.1 Å². The summed E-state index contributed by atoms with van der Waals surface area (Å²) in [5.74, 6) is -1.22. The minimum Gasteiger partial charge on any atom is -0.321 e. The second kappa shape index (κ2) is 5.28. The highest BCUT2D eigenvalue weighted by Crippen LogP contribution is 2.23. The number of anilines is 1. The van der Waals surface area contributed by atoms with Crippen molar-refractivity contribution in [2.45, 2.75) is 0 Å². The summed E-state index contributed by atoms with van der Waals surface area (Å²) >= 11 is 0. The first kappa shape index (κ1) is 13.2. The first-order valence-corrected chi connectivity index (χ1v) is 6.25. The average Bonchev–Trinajstić information content (AvgIpc) is 2.48. The molecular formula is C16H10F2N2O. The molecule has 1 N–H and O–H groups in total. The number of aromatic nitrogens is 1. The Balaban J connectivity index is 1.96. The third-order valence-corrected chi connectivity index (χ3v) is 3.06. The van der Waals surface area contributed by atoms with Crippen LogP contribution in [-0.4, -0.2) is 10.9 Å². The third-order valence-electron chi connectivity index (χ3n) is 3.06. The Morgan fingerprint density at radius 1 is 0.952 bits per heavy atom. The van der Waals surface area contributed by atoms with Crippen LogP contribution >= 0.6 is 0 Å². The first-order chi connectivity index (χ1) is 10.1. The largest absolute Gasteiger partial charge is 0.321 e. The number of carbonyl (C=O) groups excluding carboxylic acids is 1. The van der Waals surface area contributed by atoms with Crippen molar-refractivity contribution in [3.8, 4) is 0 Å². The van der Waals surface area contributed by atoms with E-state index in [1.165, 1.54) is 48.7 Å². The zero-order valence-corrected chi connectivity index (χ0v) is 10.8. The number of fused-ring (bicyclic) bond motifs is 1. The van der Waals surface area contributed by atoms with Crippen LogP contribution in [0.25, 0.3) is 10.9 Å². The molecule has 0 unspecified atom stereocenters. The molecule has 2 aromatic carbocycles. The standard InChI is InChI=1S/C16H10F2N2O/c17-11-3-1-10(2-4-11)16(21)20-15-7-8-19-14-6-5-12(18)9-13(14)15/h1-9H,(H,19,20,21). The molecular weight excluding hydrogens is 274 g/mol. The summed E-state index contributed by atoms with van der Waals surface area (Å²) in [5.41, 5.74) is 1.35. The van der Waals surface area contributed by atoms with Crippen molar-refractivity contribution in [3.05, 3.63) is 71.9 Å². The van der Waals surface area contributed by atoms with Gasteiger partial charge in [-0.05, 0) is 48.5 Å². The highest BCUT2D eigenvalue weighted by molar-refractivity contribution is 6.08. The summed E-state index contributed by atoms with van der Waals surface area (Å²) in [6.07, 6.45) is 1.53. The van der Waals surface area contributed by atoms with Crippen molar-refractivity contribution >= 4 is 22.5 Å². The lowest BCUT2D eigenvalue weighted by Crippen LogP contribution is -2.12. The maximum Gasteiger partial charge on any atom is 0.255 e. The van der Waals surface area contributed by atoms with Crippen LogP contribution in [0.2, 0.25) is 0 Å². The van der Waals surface area contributed by atoms with Crippen molar-refractivity contribution in [2.75, 3.05) is 5.32 Å². The molecule has 0 aliphatic rings. The zero-order valence-electron chi connectivity index (χ0n) is 10.8. The lowest BCUT2D eigenvalue weighted by Gasteiger charge is -2.08. The molecule has 1 amide bonds. The molecule has 1 heterocycles. The van der Waals surface area contributed by atoms with Gasteiger partial charge in [-0.15, -0.1) is 0 Å². The van der Waals surface area contributed by atoms with Crippen LogP contribution in [0.4, 0.5) is 14.5 Å². The van der Waals surface area contributed by atoms with Crippen LogP contribution in [0.5, 0.6) is 0 Å². The van der Waals surface area contributed by atoms with E-state index < -0.39 is 17.5 Å². The van der Waals surface area contributed by atoms with Gasteiger partial charge in [-0.2, -0.15) is 0 Å². The van der Waals surface area contributed by atoms with E-state index in [9.17, 15) is 13.6 Å². The third kappa shape index (κ3) is 2.72. The highest BCUT2D eigenvalue weighted by atomic mass is 19.1. The lowest BCUT2D eigenvalue weighted by molar-refractivity contribution is 0.102. The molecule has 0 aliphatic heterocycles. The monoisotopic (exact) mass is 284 g/mol. The Morgan fingerprint density at radius 3 is 2.43 bits per heavy atom. The number of nitrogens with one attached hydrogen (secondary N) is 1. The van der Waals surface area contributed by atoms with Crippen LogP contribution in [0.15, 0.2) is 54.7 Å². The number of carbonyl (C=O) groups is 1. The van der Waals surface area contributed by atoms with E-state index in [0.717, 1.165) is 0 Å². The summed E-state index contributed by atoms with van der Waals surface area (Å²) in [5, 5.41) is 3.19. The number of benzene rings is 2. The minimum absolute atomic E-state index is 0.317. The number of amides is 1. The molecule has 0 radical (unpaired) electrons. The molecule has 0 bridgehead atoms. The number of halogens is 2. The molecule has 3 nitrogen and oxygen atoms in total. The van der Waals surface area contributed by atoms with Gasteiger partial charge in [-0.3, -0.25) is 9.78 Å². The molecule has 0 fully saturated rings. The van der Waals surface area contributed by atoms with Gasteiger partial charge >= 0.3 is 0 Å². The van der Waals surface area contributed by atoms with Gasteiger partial charge in [0.15, 0.2) is 0 Å². The second-order valence-corrected chi connectivity index (χ2v) is 4.48. The molecule has 21 heavy (non-hydrogen) atoms. The van der Waals surface area contributed by atoms with E-state index >= 15 is 0 Å². The first-order valence-electron chi connectivity index (χ1n) is 6.25. The second-order valence-electron chi connectivity index (χ2n) is 4.48. The Kier molecular flexibility index (Phi) is 3.31. The fourth-order valence-corrected chi connectivity index (χ4v) is 2.02. The Labute approximate surface area is 119 Å². The predicted molar refractivity (Wildman–Crippen MR) is 76.1 cm³/mol. The molecule has 1 aromatic heterocycles. The average molecular weight is 284 g/mol. The van der Waals surface area contributed by atoms with Gasteiger partial charge in [0.2, 0.25) is 0 Å². The lowest BCUT2D eigenvalue weighted by atomic mass is 10.1. The van der Waals surface area contributed by atoms with Crippen LogP contribution in [0, 0.1) is 11.6 Å². The van der Waals surface area contributed by atoms with Crippen molar-refractivity contribution in [3.63, 3.8) is 0 Å². The van der Waals surface area contributed by atoms with E-state index in [1.54, 1.807) is 6.07 Å². The van der Waals surface area contributed by atoms with Gasteiger partial charge in [0.1, 0.15) is 11.6 Å². The van der Waals surface area contributed by atoms with E-state index in [-0.39, 0.29) is 0 Å². The van der Waals surface area contributed by atoms with E-state index in [2.05, 4.69) is 10.3 Å². The van der Waals surface area contributed by atoms with Gasteiger partial charge in [-0.25, -0.2) is 8.78 Å². The van der Waals surface area contributed by atoms with Crippen LogP contribution in [0.1, 0.15) is 10.4 Å². The molecule has 5 heteroatoms. The molecule has 0 aliphatic carbocycles.